The van der Waals surface area contributed by atoms with Crippen molar-refractivity contribution < 1.29 is 0 Å². The number of rotatable bonds is 5. The molecule has 2 aliphatic rings. The van der Waals surface area contributed by atoms with Crippen molar-refractivity contribution in [2.24, 2.45) is 11.7 Å². The van der Waals surface area contributed by atoms with Gasteiger partial charge in [-0.3, -0.25) is 4.90 Å². The lowest BCUT2D eigenvalue weighted by Crippen LogP contribution is -2.57. The molecule has 3 nitrogen and oxygen atoms in total. The lowest BCUT2D eigenvalue weighted by Gasteiger charge is -2.47. The first kappa shape index (κ1) is 17.2. The first-order chi connectivity index (χ1) is 10.1. The van der Waals surface area contributed by atoms with Gasteiger partial charge in [-0.25, -0.2) is 0 Å². The van der Waals surface area contributed by atoms with Crippen LogP contribution in [-0.4, -0.2) is 54.6 Å². The average Bonchev–Trinajstić information content (AvgIpc) is 2.77. The Morgan fingerprint density at radius 1 is 1.10 bits per heavy atom. The van der Waals surface area contributed by atoms with Crippen LogP contribution in [0.4, 0.5) is 0 Å². The Labute approximate surface area is 132 Å². The van der Waals surface area contributed by atoms with E-state index in [0.717, 1.165) is 18.5 Å². The summed E-state index contributed by atoms with van der Waals surface area (Å²) in [4.78, 5) is 5.29. The van der Waals surface area contributed by atoms with E-state index in [1.54, 1.807) is 0 Å². The maximum atomic E-state index is 6.30. The Morgan fingerprint density at radius 2 is 1.81 bits per heavy atom. The van der Waals surface area contributed by atoms with Crippen LogP contribution in [0.5, 0.6) is 0 Å². The summed E-state index contributed by atoms with van der Waals surface area (Å²) in [5, 5.41) is 0. The second-order valence-electron chi connectivity index (χ2n) is 7.41. The van der Waals surface area contributed by atoms with Gasteiger partial charge < -0.3 is 10.6 Å². The highest BCUT2D eigenvalue weighted by Gasteiger charge is 2.39. The molecular formula is C18H37N3. The summed E-state index contributed by atoms with van der Waals surface area (Å²) in [6.07, 6.45) is 10.8. The molecular weight excluding hydrogens is 258 g/mol. The lowest BCUT2D eigenvalue weighted by molar-refractivity contribution is 0.0289. The quantitative estimate of drug-likeness (QED) is 0.791. The molecule has 124 valence electrons. The fraction of sp³-hybridized carbons (Fsp3) is 1.00. The maximum absolute atomic E-state index is 6.30. The Morgan fingerprint density at radius 3 is 2.38 bits per heavy atom. The molecule has 21 heavy (non-hydrogen) atoms. The van der Waals surface area contributed by atoms with Crippen LogP contribution in [0.3, 0.4) is 0 Å². The van der Waals surface area contributed by atoms with Crippen molar-refractivity contribution >= 4 is 0 Å². The molecule has 2 rings (SSSR count). The predicted molar refractivity (Wildman–Crippen MR) is 91.6 cm³/mol. The highest BCUT2D eigenvalue weighted by Crippen LogP contribution is 2.37. The molecule has 2 fully saturated rings. The normalized spacial score (nSPS) is 33.3. The summed E-state index contributed by atoms with van der Waals surface area (Å²) in [5.74, 6) is 0.939. The second kappa shape index (κ2) is 7.94. The van der Waals surface area contributed by atoms with Crippen LogP contribution < -0.4 is 5.73 Å². The van der Waals surface area contributed by atoms with Crippen LogP contribution in [0.15, 0.2) is 0 Å². The van der Waals surface area contributed by atoms with Gasteiger partial charge in [0.1, 0.15) is 0 Å². The molecule has 0 radical (unpaired) electrons. The van der Waals surface area contributed by atoms with Crippen LogP contribution in [0.25, 0.3) is 0 Å². The number of hydrogen-bond donors (Lipinski definition) is 1. The Bertz CT molecular complexity index is 299. The van der Waals surface area contributed by atoms with Crippen LogP contribution in [0.2, 0.25) is 0 Å². The van der Waals surface area contributed by atoms with Crippen molar-refractivity contribution in [1.29, 1.82) is 0 Å². The summed E-state index contributed by atoms with van der Waals surface area (Å²) in [7, 11) is 2.37. The van der Waals surface area contributed by atoms with Crippen LogP contribution in [0.1, 0.15) is 65.2 Å². The summed E-state index contributed by atoms with van der Waals surface area (Å²) in [5.41, 5.74) is 6.58. The molecule has 0 aromatic rings. The van der Waals surface area contributed by atoms with E-state index in [1.165, 1.54) is 71.0 Å². The largest absolute Gasteiger partial charge is 0.329 e. The number of hydrogen-bond acceptors (Lipinski definition) is 3. The van der Waals surface area contributed by atoms with E-state index < -0.39 is 0 Å². The first-order valence-corrected chi connectivity index (χ1v) is 9.30. The molecule has 2 N–H and O–H groups in total. The van der Waals surface area contributed by atoms with E-state index in [-0.39, 0.29) is 5.54 Å². The third kappa shape index (κ3) is 4.00. The summed E-state index contributed by atoms with van der Waals surface area (Å²) < 4.78 is 0. The van der Waals surface area contributed by atoms with Gasteiger partial charge in [-0.2, -0.15) is 0 Å². The number of nitrogens with zero attached hydrogens (tertiary/aromatic N) is 2. The highest BCUT2D eigenvalue weighted by atomic mass is 15.2. The van der Waals surface area contributed by atoms with Gasteiger partial charge in [0.05, 0.1) is 0 Å². The molecule has 0 aromatic carbocycles. The summed E-state index contributed by atoms with van der Waals surface area (Å²) >= 11 is 0. The predicted octanol–water partition coefficient (Wildman–Crippen LogP) is 3.09. The van der Waals surface area contributed by atoms with Crippen molar-refractivity contribution in [2.45, 2.75) is 76.8 Å². The standard InChI is InChI=1S/C18H37N3/c1-4-16-7-6-11-18(15-19,12-8-16)20(3)17-9-13-21(5-2)14-10-17/h16-17H,4-15,19H2,1-3H3. The van der Waals surface area contributed by atoms with E-state index in [1.807, 2.05) is 0 Å². The van der Waals surface area contributed by atoms with Gasteiger partial charge in [-0.1, -0.05) is 33.1 Å². The maximum Gasteiger partial charge on any atom is 0.0331 e. The van der Waals surface area contributed by atoms with Gasteiger partial charge in [-0.05, 0) is 64.7 Å². The first-order valence-electron chi connectivity index (χ1n) is 9.30. The molecule has 2 unspecified atom stereocenters. The lowest BCUT2D eigenvalue weighted by atomic mass is 9.85. The molecule has 1 aliphatic carbocycles. The van der Waals surface area contributed by atoms with Crippen molar-refractivity contribution in [3.05, 3.63) is 0 Å². The van der Waals surface area contributed by atoms with Crippen LogP contribution in [-0.2, 0) is 0 Å². The third-order valence-electron chi connectivity index (χ3n) is 6.53. The SMILES string of the molecule is CCC1CCCC(CN)(N(C)C2CCN(CC)CC2)CC1. The summed E-state index contributed by atoms with van der Waals surface area (Å²) in [6.45, 7) is 9.21. The third-order valence-corrected chi connectivity index (χ3v) is 6.53. The zero-order valence-corrected chi connectivity index (χ0v) is 14.6. The van der Waals surface area contributed by atoms with E-state index in [4.69, 9.17) is 5.73 Å². The van der Waals surface area contributed by atoms with E-state index in [0.29, 0.717) is 0 Å². The Kier molecular flexibility index (Phi) is 6.51. The van der Waals surface area contributed by atoms with Gasteiger partial charge in [-0.15, -0.1) is 0 Å². The minimum atomic E-state index is 0.281. The van der Waals surface area contributed by atoms with Gasteiger partial charge in [0.15, 0.2) is 0 Å². The van der Waals surface area contributed by atoms with E-state index in [9.17, 15) is 0 Å². The zero-order valence-electron chi connectivity index (χ0n) is 14.6. The van der Waals surface area contributed by atoms with Crippen LogP contribution >= 0.6 is 0 Å². The molecule has 0 amide bonds. The Hall–Kier alpha value is -0.120. The highest BCUT2D eigenvalue weighted by molar-refractivity contribution is 4.96. The fourth-order valence-corrected chi connectivity index (χ4v) is 4.58. The smallest absolute Gasteiger partial charge is 0.0331 e. The fourth-order valence-electron chi connectivity index (χ4n) is 4.58. The molecule has 1 aliphatic heterocycles. The van der Waals surface area contributed by atoms with Crippen molar-refractivity contribution in [3.63, 3.8) is 0 Å². The van der Waals surface area contributed by atoms with Crippen molar-refractivity contribution in [1.82, 2.24) is 9.80 Å². The van der Waals surface area contributed by atoms with E-state index >= 15 is 0 Å². The molecule has 0 aromatic heterocycles. The van der Waals surface area contributed by atoms with Crippen molar-refractivity contribution in [2.75, 3.05) is 33.2 Å². The van der Waals surface area contributed by atoms with Gasteiger partial charge in [0.2, 0.25) is 0 Å². The molecule has 3 heteroatoms. The number of nitrogens with two attached hydrogens (primary N) is 1. The number of likely N-dealkylation sites (N-methyl/N-ethyl adjacent to an activating group) is 1. The zero-order chi connectivity index (χ0) is 15.3. The van der Waals surface area contributed by atoms with Crippen LogP contribution in [0, 0.1) is 5.92 Å². The van der Waals surface area contributed by atoms with E-state index in [2.05, 4.69) is 30.7 Å². The van der Waals surface area contributed by atoms with Gasteiger partial charge in [0.25, 0.3) is 0 Å². The Balaban J connectivity index is 1.98. The van der Waals surface area contributed by atoms with Crippen molar-refractivity contribution in [3.8, 4) is 0 Å². The molecule has 2 atom stereocenters. The topological polar surface area (TPSA) is 32.5 Å². The van der Waals surface area contributed by atoms with Gasteiger partial charge >= 0.3 is 0 Å². The molecule has 1 heterocycles. The summed E-state index contributed by atoms with van der Waals surface area (Å²) in [6, 6.07) is 0.745. The molecule has 0 spiro atoms. The average molecular weight is 296 g/mol. The van der Waals surface area contributed by atoms with Gasteiger partial charge in [0, 0.05) is 18.1 Å². The monoisotopic (exact) mass is 295 g/mol. The minimum absolute atomic E-state index is 0.281. The molecule has 1 saturated heterocycles. The molecule has 0 bridgehead atoms. The molecule has 1 saturated carbocycles. The number of likely N-dealkylation sites (tertiary alicyclic amines) is 1. The number of piperidine rings is 1. The second-order valence-corrected chi connectivity index (χ2v) is 7.41. The minimum Gasteiger partial charge on any atom is -0.329 e.